The molecule has 0 unspecified atom stereocenters. The molecule has 1 amide bonds. The predicted octanol–water partition coefficient (Wildman–Crippen LogP) is 4.25. The van der Waals surface area contributed by atoms with Gasteiger partial charge in [0.25, 0.3) is 0 Å². The Bertz CT molecular complexity index is 963. The zero-order valence-electron chi connectivity index (χ0n) is 17.8. The molecule has 0 aliphatic carbocycles. The molecule has 6 nitrogen and oxygen atoms in total. The predicted molar refractivity (Wildman–Crippen MR) is 118 cm³/mol. The Morgan fingerprint density at radius 1 is 1.13 bits per heavy atom. The van der Waals surface area contributed by atoms with E-state index in [0.29, 0.717) is 54.8 Å². The van der Waals surface area contributed by atoms with Crippen molar-refractivity contribution in [1.29, 1.82) is 0 Å². The number of rotatable bonds is 7. The van der Waals surface area contributed by atoms with E-state index in [-0.39, 0.29) is 11.8 Å². The minimum absolute atomic E-state index is 0.0815. The van der Waals surface area contributed by atoms with Gasteiger partial charge in [0.2, 0.25) is 15.9 Å². The van der Waals surface area contributed by atoms with Crippen molar-refractivity contribution in [2.45, 2.75) is 44.4 Å². The lowest BCUT2D eigenvalue weighted by Gasteiger charge is -2.30. The van der Waals surface area contributed by atoms with Crippen LogP contribution in [0.5, 0.6) is 5.75 Å². The minimum Gasteiger partial charge on any atom is -0.494 e. The molecule has 7 heteroatoms. The fourth-order valence-electron chi connectivity index (χ4n) is 3.61. The summed E-state index contributed by atoms with van der Waals surface area (Å²) in [4.78, 5) is 13.0. The van der Waals surface area contributed by atoms with Gasteiger partial charge in [-0.2, -0.15) is 4.31 Å². The number of carbonyl (C=O) groups is 1. The monoisotopic (exact) mass is 430 g/mol. The molecule has 3 rings (SSSR count). The normalized spacial score (nSPS) is 15.9. The molecule has 2 aromatic rings. The molecule has 2 aromatic carbocycles. The van der Waals surface area contributed by atoms with Crippen LogP contribution >= 0.6 is 0 Å². The van der Waals surface area contributed by atoms with Gasteiger partial charge >= 0.3 is 0 Å². The van der Waals surface area contributed by atoms with Crippen LogP contribution in [-0.4, -0.2) is 38.3 Å². The van der Waals surface area contributed by atoms with Crippen LogP contribution in [0.4, 0.5) is 5.69 Å². The van der Waals surface area contributed by atoms with Crippen molar-refractivity contribution in [3.05, 3.63) is 54.1 Å². The molecule has 0 atom stereocenters. The maximum Gasteiger partial charge on any atom is 0.243 e. The first-order valence-electron chi connectivity index (χ1n) is 10.4. The first kappa shape index (κ1) is 22.3. The fourth-order valence-corrected chi connectivity index (χ4v) is 5.08. The Labute approximate surface area is 179 Å². The molecular weight excluding hydrogens is 400 g/mol. The van der Waals surface area contributed by atoms with Gasteiger partial charge in [0, 0.05) is 30.8 Å². The Hall–Kier alpha value is -2.38. The molecule has 1 aliphatic rings. The number of sulfonamides is 1. The summed E-state index contributed by atoms with van der Waals surface area (Å²) in [7, 11) is -3.54. The summed E-state index contributed by atoms with van der Waals surface area (Å²) < 4.78 is 32.8. The summed E-state index contributed by atoms with van der Waals surface area (Å²) in [6, 6.07) is 14.4. The highest BCUT2D eigenvalue weighted by Gasteiger charge is 2.32. The number of piperidine rings is 1. The van der Waals surface area contributed by atoms with Crippen LogP contribution < -0.4 is 10.1 Å². The molecule has 1 N–H and O–H groups in total. The highest BCUT2D eigenvalue weighted by Crippen LogP contribution is 2.26. The first-order valence-corrected chi connectivity index (χ1v) is 11.9. The summed E-state index contributed by atoms with van der Waals surface area (Å²) in [6.07, 6.45) is 1.00. The van der Waals surface area contributed by atoms with Gasteiger partial charge in [0.15, 0.2) is 0 Å². The third-order valence-corrected chi connectivity index (χ3v) is 7.33. The molecule has 1 saturated heterocycles. The summed E-state index contributed by atoms with van der Waals surface area (Å²) in [5, 5.41) is 2.93. The van der Waals surface area contributed by atoms with Crippen LogP contribution in [0.25, 0.3) is 0 Å². The summed E-state index contributed by atoms with van der Waals surface area (Å²) in [5.74, 6) is 0.766. The number of hydrogen-bond donors (Lipinski definition) is 1. The number of carbonyl (C=O) groups excluding carboxylic acids is 1. The number of anilines is 1. The smallest absolute Gasteiger partial charge is 0.243 e. The largest absolute Gasteiger partial charge is 0.494 e. The van der Waals surface area contributed by atoms with Crippen molar-refractivity contribution in [2.24, 2.45) is 5.92 Å². The van der Waals surface area contributed by atoms with Crippen LogP contribution in [-0.2, 0) is 14.8 Å². The summed E-state index contributed by atoms with van der Waals surface area (Å²) in [5.41, 5.74) is 1.80. The first-order chi connectivity index (χ1) is 14.3. The van der Waals surface area contributed by atoms with Gasteiger partial charge in [0.05, 0.1) is 11.5 Å². The average molecular weight is 431 g/mol. The van der Waals surface area contributed by atoms with Crippen LogP contribution in [0.2, 0.25) is 0 Å². The molecule has 162 valence electrons. The van der Waals surface area contributed by atoms with Gasteiger partial charge in [-0.05, 0) is 55.5 Å². The molecule has 30 heavy (non-hydrogen) atoms. The molecule has 1 fully saturated rings. The van der Waals surface area contributed by atoms with E-state index in [0.717, 1.165) is 5.56 Å². The van der Waals surface area contributed by atoms with Crippen molar-refractivity contribution in [3.8, 4) is 5.75 Å². The number of nitrogens with zero attached hydrogens (tertiary/aromatic N) is 1. The van der Waals surface area contributed by atoms with Crippen molar-refractivity contribution in [1.82, 2.24) is 4.31 Å². The lowest BCUT2D eigenvalue weighted by Crippen LogP contribution is -2.41. The summed E-state index contributed by atoms with van der Waals surface area (Å²) in [6.45, 7) is 7.30. The highest BCUT2D eigenvalue weighted by molar-refractivity contribution is 7.89. The molecule has 1 heterocycles. The number of hydrogen-bond acceptors (Lipinski definition) is 4. The zero-order chi connectivity index (χ0) is 21.7. The van der Waals surface area contributed by atoms with Crippen molar-refractivity contribution in [2.75, 3.05) is 25.0 Å². The standard InChI is InChI=1S/C23H30N2O4S/c1-4-29-21-7-5-6-20(16-21)24-23(26)19-12-14-25(15-13-19)30(27,28)22-10-8-18(9-11-22)17(2)3/h5-11,16-17,19H,4,12-15H2,1-3H3,(H,24,26). The van der Waals surface area contributed by atoms with Crippen molar-refractivity contribution in [3.63, 3.8) is 0 Å². The van der Waals surface area contributed by atoms with Crippen LogP contribution in [0.15, 0.2) is 53.4 Å². The maximum absolute atomic E-state index is 12.9. The van der Waals surface area contributed by atoms with Gasteiger partial charge in [-0.25, -0.2) is 8.42 Å². The van der Waals surface area contributed by atoms with Crippen LogP contribution in [0.1, 0.15) is 45.1 Å². The van der Waals surface area contributed by atoms with Gasteiger partial charge in [-0.15, -0.1) is 0 Å². The maximum atomic E-state index is 12.9. The third-order valence-electron chi connectivity index (χ3n) is 5.42. The van der Waals surface area contributed by atoms with E-state index in [2.05, 4.69) is 19.2 Å². The van der Waals surface area contributed by atoms with E-state index in [1.807, 2.05) is 37.3 Å². The lowest BCUT2D eigenvalue weighted by atomic mass is 9.97. The van der Waals surface area contributed by atoms with E-state index in [1.54, 1.807) is 18.2 Å². The number of benzene rings is 2. The van der Waals surface area contributed by atoms with Crippen LogP contribution in [0.3, 0.4) is 0 Å². The van der Waals surface area contributed by atoms with Gasteiger partial charge in [0.1, 0.15) is 5.75 Å². The van der Waals surface area contributed by atoms with E-state index in [4.69, 9.17) is 4.74 Å². The second-order valence-electron chi connectivity index (χ2n) is 7.85. The molecule has 0 radical (unpaired) electrons. The number of nitrogens with one attached hydrogen (secondary N) is 1. The van der Waals surface area contributed by atoms with Crippen LogP contribution in [0, 0.1) is 5.92 Å². The molecule has 0 saturated carbocycles. The quantitative estimate of drug-likeness (QED) is 0.713. The molecule has 0 bridgehead atoms. The number of amides is 1. The highest BCUT2D eigenvalue weighted by atomic mass is 32.2. The van der Waals surface area contributed by atoms with Gasteiger partial charge in [-0.1, -0.05) is 32.0 Å². The molecular formula is C23H30N2O4S. The zero-order valence-corrected chi connectivity index (χ0v) is 18.6. The fraction of sp³-hybridized carbons (Fsp3) is 0.435. The summed E-state index contributed by atoms with van der Waals surface area (Å²) >= 11 is 0. The minimum atomic E-state index is -3.54. The van der Waals surface area contributed by atoms with Gasteiger partial charge < -0.3 is 10.1 Å². The van der Waals surface area contributed by atoms with Gasteiger partial charge in [-0.3, -0.25) is 4.79 Å². The molecule has 1 aliphatic heterocycles. The van der Waals surface area contributed by atoms with Crippen molar-refractivity contribution >= 4 is 21.6 Å². The van der Waals surface area contributed by atoms with E-state index < -0.39 is 10.0 Å². The topological polar surface area (TPSA) is 75.7 Å². The Kier molecular flexibility index (Phi) is 7.15. The Morgan fingerprint density at radius 3 is 2.40 bits per heavy atom. The lowest BCUT2D eigenvalue weighted by molar-refractivity contribution is -0.120. The van der Waals surface area contributed by atoms with E-state index >= 15 is 0 Å². The number of ether oxygens (including phenoxy) is 1. The molecule has 0 aromatic heterocycles. The SMILES string of the molecule is CCOc1cccc(NC(=O)C2CCN(S(=O)(=O)c3ccc(C(C)C)cc3)CC2)c1. The molecule has 0 spiro atoms. The Morgan fingerprint density at radius 2 is 1.80 bits per heavy atom. The van der Waals surface area contributed by atoms with Crippen molar-refractivity contribution < 1.29 is 17.9 Å². The average Bonchev–Trinajstić information content (AvgIpc) is 2.74. The third kappa shape index (κ3) is 5.21. The van der Waals surface area contributed by atoms with E-state index in [1.165, 1.54) is 4.31 Å². The second kappa shape index (κ2) is 9.62. The second-order valence-corrected chi connectivity index (χ2v) is 9.79. The Balaban J connectivity index is 1.59. The van der Waals surface area contributed by atoms with E-state index in [9.17, 15) is 13.2 Å².